The van der Waals surface area contributed by atoms with Crippen LogP contribution < -0.4 is 5.73 Å². The number of amides is 1. The van der Waals surface area contributed by atoms with Gasteiger partial charge in [0.15, 0.2) is 0 Å². The monoisotopic (exact) mass is 317 g/mol. The minimum atomic E-state index is 0. The Kier molecular flexibility index (Phi) is 7.45. The molecule has 1 heterocycles. The fourth-order valence-electron chi connectivity index (χ4n) is 3.57. The predicted octanol–water partition coefficient (Wildman–Crippen LogP) is 2.11. The molecule has 0 spiro atoms. The van der Waals surface area contributed by atoms with Crippen molar-refractivity contribution in [2.75, 3.05) is 26.7 Å². The van der Waals surface area contributed by atoms with Crippen molar-refractivity contribution in [1.29, 1.82) is 0 Å². The number of rotatable bonds is 4. The quantitative estimate of drug-likeness (QED) is 0.864. The van der Waals surface area contributed by atoms with E-state index in [9.17, 15) is 4.79 Å². The lowest BCUT2D eigenvalue weighted by Gasteiger charge is -2.34. The molecule has 2 unspecified atom stereocenters. The van der Waals surface area contributed by atoms with Crippen molar-refractivity contribution in [2.45, 2.75) is 58.0 Å². The molecule has 5 heteroatoms. The molecule has 0 aromatic heterocycles. The maximum atomic E-state index is 12.4. The van der Waals surface area contributed by atoms with Gasteiger partial charge in [-0.2, -0.15) is 0 Å². The molecule has 2 N–H and O–H groups in total. The van der Waals surface area contributed by atoms with E-state index in [1.807, 2.05) is 11.9 Å². The number of nitrogens with two attached hydrogens (primary N) is 1. The molecular weight excluding hydrogens is 286 g/mol. The smallest absolute Gasteiger partial charge is 0.236 e. The lowest BCUT2D eigenvalue weighted by atomic mass is 9.87. The number of carbonyl (C=O) groups excluding carboxylic acids is 1. The van der Waals surface area contributed by atoms with Gasteiger partial charge in [0.2, 0.25) is 5.91 Å². The Hall–Kier alpha value is -0.320. The molecule has 124 valence electrons. The van der Waals surface area contributed by atoms with Gasteiger partial charge in [-0.25, -0.2) is 0 Å². The Morgan fingerprint density at radius 2 is 1.90 bits per heavy atom. The van der Waals surface area contributed by atoms with Crippen molar-refractivity contribution in [1.82, 2.24) is 9.80 Å². The van der Waals surface area contributed by atoms with Crippen LogP contribution in [-0.2, 0) is 4.79 Å². The summed E-state index contributed by atoms with van der Waals surface area (Å²) in [6.45, 7) is 6.97. The first-order chi connectivity index (χ1) is 9.47. The third kappa shape index (κ3) is 5.11. The maximum Gasteiger partial charge on any atom is 0.236 e. The minimum absolute atomic E-state index is 0. The molecule has 1 saturated heterocycles. The van der Waals surface area contributed by atoms with Gasteiger partial charge in [0.25, 0.3) is 0 Å². The molecule has 1 amide bonds. The molecule has 0 radical (unpaired) electrons. The Bertz CT molecular complexity index is 329. The van der Waals surface area contributed by atoms with Gasteiger partial charge < -0.3 is 10.6 Å². The van der Waals surface area contributed by atoms with E-state index in [0.29, 0.717) is 18.5 Å². The van der Waals surface area contributed by atoms with Crippen LogP contribution >= 0.6 is 12.4 Å². The van der Waals surface area contributed by atoms with E-state index in [-0.39, 0.29) is 24.4 Å². The average Bonchev–Trinajstić information content (AvgIpc) is 2.87. The van der Waals surface area contributed by atoms with E-state index in [4.69, 9.17) is 5.73 Å². The molecule has 2 atom stereocenters. The van der Waals surface area contributed by atoms with Gasteiger partial charge in [-0.1, -0.05) is 6.92 Å². The van der Waals surface area contributed by atoms with Crippen molar-refractivity contribution in [2.24, 2.45) is 17.6 Å². The van der Waals surface area contributed by atoms with Crippen LogP contribution in [0, 0.1) is 11.8 Å². The lowest BCUT2D eigenvalue weighted by Crippen LogP contribution is -2.44. The number of likely N-dealkylation sites (N-methyl/N-ethyl adjacent to an activating group) is 1. The van der Waals surface area contributed by atoms with Crippen LogP contribution in [-0.4, -0.2) is 54.5 Å². The van der Waals surface area contributed by atoms with Crippen molar-refractivity contribution < 1.29 is 4.79 Å². The third-order valence-electron chi connectivity index (χ3n) is 5.34. The van der Waals surface area contributed by atoms with Gasteiger partial charge in [0, 0.05) is 25.7 Å². The number of hydrogen-bond acceptors (Lipinski definition) is 3. The maximum absolute atomic E-state index is 12.4. The van der Waals surface area contributed by atoms with E-state index in [1.165, 1.54) is 25.7 Å². The van der Waals surface area contributed by atoms with Crippen molar-refractivity contribution in [3.63, 3.8) is 0 Å². The van der Waals surface area contributed by atoms with Crippen molar-refractivity contribution in [3.8, 4) is 0 Å². The number of halogens is 1. The highest BCUT2D eigenvalue weighted by Gasteiger charge is 2.29. The second kappa shape index (κ2) is 8.35. The minimum Gasteiger partial charge on any atom is -0.342 e. The second-order valence-electron chi connectivity index (χ2n) is 7.06. The molecule has 2 aliphatic rings. The fourth-order valence-corrected chi connectivity index (χ4v) is 3.57. The first-order valence-electron chi connectivity index (χ1n) is 8.21. The van der Waals surface area contributed by atoms with Crippen LogP contribution in [0.3, 0.4) is 0 Å². The molecule has 4 nitrogen and oxygen atoms in total. The molecule has 1 aliphatic heterocycles. The summed E-state index contributed by atoms with van der Waals surface area (Å²) in [4.78, 5) is 16.7. The van der Waals surface area contributed by atoms with Crippen LogP contribution in [0.15, 0.2) is 0 Å². The summed E-state index contributed by atoms with van der Waals surface area (Å²) < 4.78 is 0. The molecule has 2 fully saturated rings. The van der Waals surface area contributed by atoms with Gasteiger partial charge in [0.05, 0.1) is 6.54 Å². The highest BCUT2D eigenvalue weighted by Crippen LogP contribution is 2.27. The molecule has 0 aromatic carbocycles. The topological polar surface area (TPSA) is 49.6 Å². The summed E-state index contributed by atoms with van der Waals surface area (Å²) in [5.41, 5.74) is 5.96. The summed E-state index contributed by atoms with van der Waals surface area (Å²) in [7, 11) is 1.99. The normalized spacial score (nSPS) is 31.5. The Labute approximate surface area is 135 Å². The lowest BCUT2D eigenvalue weighted by molar-refractivity contribution is -0.133. The van der Waals surface area contributed by atoms with Gasteiger partial charge in [-0.3, -0.25) is 9.69 Å². The predicted molar refractivity (Wildman–Crippen MR) is 89.6 cm³/mol. The summed E-state index contributed by atoms with van der Waals surface area (Å²) in [5.74, 6) is 1.68. The standard InChI is InChI=1S/C16H31N3O.ClH/c1-12-4-6-15(7-5-12)18(3)16(20)11-19-9-8-14(10-19)13(2)17;/h12-15H,4-11,17H2,1-3H3;1H. The number of carbonyl (C=O) groups is 1. The molecule has 0 bridgehead atoms. The van der Waals surface area contributed by atoms with E-state index in [1.54, 1.807) is 0 Å². The zero-order valence-corrected chi connectivity index (χ0v) is 14.6. The van der Waals surface area contributed by atoms with Crippen LogP contribution in [0.1, 0.15) is 46.0 Å². The molecule has 1 aliphatic carbocycles. The zero-order valence-electron chi connectivity index (χ0n) is 13.8. The second-order valence-corrected chi connectivity index (χ2v) is 7.06. The summed E-state index contributed by atoms with van der Waals surface area (Å²) in [5, 5.41) is 0. The summed E-state index contributed by atoms with van der Waals surface area (Å²) in [6, 6.07) is 0.707. The molecule has 0 aromatic rings. The van der Waals surface area contributed by atoms with Gasteiger partial charge in [-0.05, 0) is 57.4 Å². The van der Waals surface area contributed by atoms with Gasteiger partial charge in [-0.15, -0.1) is 12.4 Å². The fraction of sp³-hybridized carbons (Fsp3) is 0.938. The van der Waals surface area contributed by atoms with E-state index in [0.717, 1.165) is 25.4 Å². The van der Waals surface area contributed by atoms with E-state index < -0.39 is 0 Å². The summed E-state index contributed by atoms with van der Waals surface area (Å²) in [6.07, 6.45) is 6.00. The van der Waals surface area contributed by atoms with Crippen molar-refractivity contribution >= 4 is 18.3 Å². The highest BCUT2D eigenvalue weighted by molar-refractivity contribution is 5.85. The zero-order chi connectivity index (χ0) is 14.7. The molecule has 21 heavy (non-hydrogen) atoms. The van der Waals surface area contributed by atoms with Crippen LogP contribution in [0.2, 0.25) is 0 Å². The molecule has 1 saturated carbocycles. The Morgan fingerprint density at radius 3 is 2.43 bits per heavy atom. The third-order valence-corrected chi connectivity index (χ3v) is 5.34. The Balaban J connectivity index is 0.00000220. The summed E-state index contributed by atoms with van der Waals surface area (Å²) >= 11 is 0. The molecule has 2 rings (SSSR count). The van der Waals surface area contributed by atoms with Crippen LogP contribution in [0.4, 0.5) is 0 Å². The SMILES string of the molecule is CC1CCC(N(C)C(=O)CN2CCC(C(C)N)C2)CC1.Cl. The van der Waals surface area contributed by atoms with Gasteiger partial charge in [0.1, 0.15) is 0 Å². The van der Waals surface area contributed by atoms with Crippen LogP contribution in [0.5, 0.6) is 0 Å². The number of hydrogen-bond donors (Lipinski definition) is 1. The van der Waals surface area contributed by atoms with Gasteiger partial charge >= 0.3 is 0 Å². The Morgan fingerprint density at radius 1 is 1.29 bits per heavy atom. The van der Waals surface area contributed by atoms with Crippen molar-refractivity contribution in [3.05, 3.63) is 0 Å². The van der Waals surface area contributed by atoms with E-state index in [2.05, 4.69) is 18.7 Å². The van der Waals surface area contributed by atoms with E-state index >= 15 is 0 Å². The van der Waals surface area contributed by atoms with Crippen LogP contribution in [0.25, 0.3) is 0 Å². The number of likely N-dealkylation sites (tertiary alicyclic amines) is 1. The highest BCUT2D eigenvalue weighted by atomic mass is 35.5. The molecular formula is C16H32ClN3O. The average molecular weight is 318 g/mol. The largest absolute Gasteiger partial charge is 0.342 e. The number of nitrogens with zero attached hydrogens (tertiary/aromatic N) is 2. The first kappa shape index (κ1) is 18.7. The first-order valence-corrected chi connectivity index (χ1v) is 8.21.